The third-order valence-electron chi connectivity index (χ3n) is 6.06. The van der Waals surface area contributed by atoms with E-state index in [1.54, 1.807) is 24.3 Å². The molecule has 3 aromatic rings. The maximum absolute atomic E-state index is 13.3. The van der Waals surface area contributed by atoms with Crippen LogP contribution in [0.25, 0.3) is 6.08 Å². The van der Waals surface area contributed by atoms with Crippen LogP contribution >= 0.6 is 24.0 Å². The van der Waals surface area contributed by atoms with Gasteiger partial charge in [0.05, 0.1) is 18.4 Å². The first-order valence-electron chi connectivity index (χ1n) is 11.8. The van der Waals surface area contributed by atoms with E-state index in [1.165, 1.54) is 18.9 Å². The minimum atomic E-state index is -4.63. The Bertz CT molecular complexity index is 1530. The highest BCUT2D eigenvalue weighted by molar-refractivity contribution is 7.98. The number of benzene rings is 2. The number of para-hydroxylation sites is 1. The van der Waals surface area contributed by atoms with E-state index in [9.17, 15) is 23.2 Å². The van der Waals surface area contributed by atoms with Crippen molar-refractivity contribution in [2.75, 3.05) is 12.0 Å². The van der Waals surface area contributed by atoms with Crippen molar-refractivity contribution < 1.29 is 22.7 Å². The number of halogens is 3. The van der Waals surface area contributed by atoms with Gasteiger partial charge in [-0.2, -0.15) is 18.4 Å². The van der Waals surface area contributed by atoms with Crippen molar-refractivity contribution in [3.05, 3.63) is 87.7 Å². The number of aryl methyl sites for hydroxylation is 2. The lowest BCUT2D eigenvalue weighted by Gasteiger charge is -2.17. The Morgan fingerprint density at radius 3 is 2.62 bits per heavy atom. The van der Waals surface area contributed by atoms with E-state index in [1.807, 2.05) is 37.3 Å². The van der Waals surface area contributed by atoms with Gasteiger partial charge in [-0.1, -0.05) is 31.2 Å². The number of nitrogens with zero attached hydrogens (tertiary/aromatic N) is 3. The Hall–Kier alpha value is -3.88. The zero-order valence-corrected chi connectivity index (χ0v) is 22.9. The maximum atomic E-state index is 13.3. The Morgan fingerprint density at radius 1 is 1.21 bits per heavy atom. The average Bonchev–Trinajstić information content (AvgIpc) is 3.18. The van der Waals surface area contributed by atoms with E-state index in [0.717, 1.165) is 35.5 Å². The summed E-state index contributed by atoms with van der Waals surface area (Å²) in [6.45, 7) is 3.45. The SMILES string of the molecule is CCc1ccccc1N1C(=O)/C(=C\c2ccc(OC)c(CSc3nc(C(F)(F)F)cc(C)c3C#N)c2)NC1=S. The highest BCUT2D eigenvalue weighted by Crippen LogP contribution is 2.35. The lowest BCUT2D eigenvalue weighted by Crippen LogP contribution is -2.31. The fourth-order valence-electron chi connectivity index (χ4n) is 4.12. The topological polar surface area (TPSA) is 78.2 Å². The number of nitriles is 1. The molecule has 39 heavy (non-hydrogen) atoms. The quantitative estimate of drug-likeness (QED) is 0.201. The number of thioether (sulfide) groups is 1. The minimum absolute atomic E-state index is 0.0150. The zero-order valence-electron chi connectivity index (χ0n) is 21.2. The van der Waals surface area contributed by atoms with Crippen LogP contribution in [0.15, 0.2) is 59.3 Å². The van der Waals surface area contributed by atoms with Gasteiger partial charge in [0.2, 0.25) is 0 Å². The largest absolute Gasteiger partial charge is 0.496 e. The molecule has 1 amide bonds. The summed E-state index contributed by atoms with van der Waals surface area (Å²) in [5.41, 5.74) is 2.53. The van der Waals surface area contributed by atoms with Crippen LogP contribution in [0.4, 0.5) is 18.9 Å². The molecule has 6 nitrogen and oxygen atoms in total. The van der Waals surface area contributed by atoms with E-state index < -0.39 is 11.9 Å². The van der Waals surface area contributed by atoms with Gasteiger partial charge in [0, 0.05) is 11.3 Å². The first kappa shape index (κ1) is 28.1. The van der Waals surface area contributed by atoms with Crippen LogP contribution in [0.2, 0.25) is 0 Å². The summed E-state index contributed by atoms with van der Waals surface area (Å²) in [6, 6.07) is 15.6. The van der Waals surface area contributed by atoms with Gasteiger partial charge in [0.1, 0.15) is 28.2 Å². The lowest BCUT2D eigenvalue weighted by atomic mass is 10.1. The lowest BCUT2D eigenvalue weighted by molar-refractivity contribution is -0.141. The highest BCUT2D eigenvalue weighted by Gasteiger charge is 2.34. The Morgan fingerprint density at radius 2 is 1.95 bits per heavy atom. The molecule has 1 aromatic heterocycles. The molecule has 2 heterocycles. The number of hydrogen-bond acceptors (Lipinski definition) is 6. The monoisotopic (exact) mass is 568 g/mol. The Labute approximate surface area is 233 Å². The fourth-order valence-corrected chi connectivity index (χ4v) is 5.45. The smallest absolute Gasteiger partial charge is 0.433 e. The molecule has 1 aliphatic heterocycles. The van der Waals surface area contributed by atoms with Crippen molar-refractivity contribution in [1.29, 1.82) is 5.26 Å². The summed E-state index contributed by atoms with van der Waals surface area (Å²) in [5.74, 6) is 0.389. The predicted octanol–water partition coefficient (Wildman–Crippen LogP) is 6.41. The molecule has 11 heteroatoms. The minimum Gasteiger partial charge on any atom is -0.496 e. The molecule has 1 saturated heterocycles. The molecule has 0 saturated carbocycles. The Balaban J connectivity index is 1.63. The summed E-state index contributed by atoms with van der Waals surface area (Å²) in [7, 11) is 1.48. The van der Waals surface area contributed by atoms with Crippen LogP contribution in [0.1, 0.15) is 40.4 Å². The van der Waals surface area contributed by atoms with Gasteiger partial charge in [-0.25, -0.2) is 4.98 Å². The van der Waals surface area contributed by atoms with Gasteiger partial charge in [0.15, 0.2) is 5.11 Å². The van der Waals surface area contributed by atoms with Crippen LogP contribution in [-0.2, 0) is 23.1 Å². The first-order chi connectivity index (χ1) is 18.6. The summed E-state index contributed by atoms with van der Waals surface area (Å²) >= 11 is 6.46. The fraction of sp³-hybridized carbons (Fsp3) is 0.214. The number of methoxy groups -OCH3 is 1. The highest BCUT2D eigenvalue weighted by atomic mass is 32.2. The number of amides is 1. The maximum Gasteiger partial charge on any atom is 0.433 e. The number of carbonyl (C=O) groups is 1. The number of aromatic nitrogens is 1. The molecule has 4 rings (SSSR count). The average molecular weight is 569 g/mol. The molecule has 1 fully saturated rings. The second kappa shape index (κ2) is 11.5. The van der Waals surface area contributed by atoms with Crippen LogP contribution < -0.4 is 15.0 Å². The third kappa shape index (κ3) is 5.92. The van der Waals surface area contributed by atoms with E-state index in [-0.39, 0.29) is 38.6 Å². The van der Waals surface area contributed by atoms with E-state index in [2.05, 4.69) is 10.3 Å². The summed E-state index contributed by atoms with van der Waals surface area (Å²) in [6.07, 6.45) is -2.25. The van der Waals surface area contributed by atoms with Gasteiger partial charge in [-0.15, -0.1) is 11.8 Å². The number of thiocarbonyl (C=S) groups is 1. The Kier molecular flexibility index (Phi) is 8.28. The van der Waals surface area contributed by atoms with Gasteiger partial charge < -0.3 is 10.1 Å². The van der Waals surface area contributed by atoms with E-state index in [0.29, 0.717) is 16.9 Å². The van der Waals surface area contributed by atoms with E-state index in [4.69, 9.17) is 17.0 Å². The van der Waals surface area contributed by atoms with E-state index >= 15 is 0 Å². The van der Waals surface area contributed by atoms with Gasteiger partial charge in [-0.05, 0) is 72.6 Å². The number of hydrogen-bond donors (Lipinski definition) is 1. The van der Waals surface area contributed by atoms with Crippen LogP contribution in [0.5, 0.6) is 5.75 Å². The van der Waals surface area contributed by atoms with Crippen molar-refractivity contribution in [2.45, 2.75) is 37.2 Å². The molecular formula is C28H23F3N4O2S2. The number of ether oxygens (including phenoxy) is 1. The molecule has 0 unspecified atom stereocenters. The summed E-state index contributed by atoms with van der Waals surface area (Å²) in [4.78, 5) is 18.4. The van der Waals surface area contributed by atoms with Gasteiger partial charge in [0.25, 0.3) is 5.91 Å². The second-order valence-corrected chi connectivity index (χ2v) is 9.94. The number of nitrogens with one attached hydrogen (secondary N) is 1. The molecule has 2 aromatic carbocycles. The van der Waals surface area contributed by atoms with Crippen molar-refractivity contribution in [2.24, 2.45) is 0 Å². The van der Waals surface area contributed by atoms with Gasteiger partial charge >= 0.3 is 6.18 Å². The number of carbonyl (C=O) groups excluding carboxylic acids is 1. The van der Waals surface area contributed by atoms with Crippen molar-refractivity contribution >= 4 is 46.8 Å². The molecule has 0 aliphatic carbocycles. The molecule has 1 aliphatic rings. The number of anilines is 1. The van der Waals surface area contributed by atoms with Crippen molar-refractivity contribution in [3.63, 3.8) is 0 Å². The third-order valence-corrected chi connectivity index (χ3v) is 7.37. The molecule has 200 valence electrons. The molecule has 1 N–H and O–H groups in total. The summed E-state index contributed by atoms with van der Waals surface area (Å²) in [5, 5.41) is 12.7. The number of alkyl halides is 3. The van der Waals surface area contributed by atoms with Crippen molar-refractivity contribution in [3.8, 4) is 11.8 Å². The second-order valence-electron chi connectivity index (χ2n) is 8.59. The predicted molar refractivity (Wildman–Crippen MR) is 148 cm³/mol. The van der Waals surface area contributed by atoms with Crippen LogP contribution in [-0.4, -0.2) is 23.1 Å². The van der Waals surface area contributed by atoms with Gasteiger partial charge in [-0.3, -0.25) is 9.69 Å². The number of pyridine rings is 1. The normalized spacial score (nSPS) is 14.5. The summed E-state index contributed by atoms with van der Waals surface area (Å²) < 4.78 is 45.4. The molecular weight excluding hydrogens is 545 g/mol. The zero-order chi connectivity index (χ0) is 28.3. The molecule has 0 bridgehead atoms. The molecule has 0 atom stereocenters. The first-order valence-corrected chi connectivity index (χ1v) is 13.2. The standard InChI is InChI=1S/C28H23F3N4O2S2/c1-4-18-7-5-6-8-22(18)35-26(36)21(33-27(35)38)13-17-9-10-23(37-3)19(12-17)15-39-25-20(14-32)16(2)11-24(34-25)28(29,30)31/h5-13H,4,15H2,1-3H3,(H,33,38)/b21-13+. The molecule has 0 radical (unpaired) electrons. The van der Waals surface area contributed by atoms with Crippen molar-refractivity contribution in [1.82, 2.24) is 10.3 Å². The van der Waals surface area contributed by atoms with Crippen LogP contribution in [0.3, 0.4) is 0 Å². The van der Waals surface area contributed by atoms with Crippen LogP contribution in [0, 0.1) is 18.3 Å². The number of rotatable bonds is 7. The molecule has 0 spiro atoms.